The normalized spacial score (nSPS) is 17.8. The van der Waals surface area contributed by atoms with Gasteiger partial charge in [0.05, 0.1) is 21.3 Å². The fourth-order valence-electron chi connectivity index (χ4n) is 3.93. The molecule has 31 heavy (non-hydrogen) atoms. The minimum Gasteiger partial charge on any atom is -0.497 e. The number of hydrogen-bond donors (Lipinski definition) is 1. The van der Waals surface area contributed by atoms with Crippen molar-refractivity contribution in [3.63, 3.8) is 0 Å². The Labute approximate surface area is 183 Å². The van der Waals surface area contributed by atoms with Crippen molar-refractivity contribution in [1.29, 1.82) is 0 Å². The van der Waals surface area contributed by atoms with Crippen LogP contribution in [0.15, 0.2) is 18.2 Å². The van der Waals surface area contributed by atoms with E-state index < -0.39 is 17.6 Å². The van der Waals surface area contributed by atoms with E-state index in [9.17, 15) is 14.4 Å². The standard InChI is InChI=1S/C24H31NO6/c1-6-7-8-11-24(22(27)30-4,25-23(28)31-5)15-16(2)18-12-17-9-10-19(29-3)14-20(17)21(26)13-18/h9-10,14,16,18H,6-7,12-13,15H2,1-5H3,(H,25,28). The molecule has 0 bridgehead atoms. The highest BCUT2D eigenvalue weighted by Gasteiger charge is 2.43. The van der Waals surface area contributed by atoms with Crippen LogP contribution >= 0.6 is 0 Å². The number of hydrogen-bond acceptors (Lipinski definition) is 6. The first-order valence-electron chi connectivity index (χ1n) is 10.4. The third kappa shape index (κ3) is 5.78. The topological polar surface area (TPSA) is 90.9 Å². The fraction of sp³-hybridized carbons (Fsp3) is 0.542. The van der Waals surface area contributed by atoms with Gasteiger partial charge in [-0.05, 0) is 48.8 Å². The van der Waals surface area contributed by atoms with Crippen molar-refractivity contribution >= 4 is 17.8 Å². The lowest BCUT2D eigenvalue weighted by Crippen LogP contribution is -2.55. The number of Topliss-reactive ketones (excluding diaryl/α,β-unsaturated/α-hetero) is 1. The first-order valence-corrected chi connectivity index (χ1v) is 10.4. The number of carbonyl (C=O) groups is 3. The molecule has 0 aliphatic heterocycles. The van der Waals surface area contributed by atoms with Crippen LogP contribution < -0.4 is 10.1 Å². The number of amides is 1. The Morgan fingerprint density at radius 3 is 2.58 bits per heavy atom. The van der Waals surface area contributed by atoms with E-state index in [1.807, 2.05) is 26.0 Å². The van der Waals surface area contributed by atoms with Crippen LogP contribution in [-0.2, 0) is 20.7 Å². The Bertz CT molecular complexity index is 884. The molecular formula is C24H31NO6. The van der Waals surface area contributed by atoms with E-state index in [1.54, 1.807) is 13.2 Å². The van der Waals surface area contributed by atoms with Crippen LogP contribution in [0.3, 0.4) is 0 Å². The van der Waals surface area contributed by atoms with Gasteiger partial charge in [0.2, 0.25) is 5.54 Å². The number of fused-ring (bicyclic) bond motifs is 1. The van der Waals surface area contributed by atoms with Gasteiger partial charge in [0.15, 0.2) is 5.78 Å². The second-order valence-electron chi connectivity index (χ2n) is 7.86. The predicted octanol–water partition coefficient (Wildman–Crippen LogP) is 3.54. The van der Waals surface area contributed by atoms with E-state index in [0.29, 0.717) is 30.6 Å². The Balaban J connectivity index is 2.32. The fourth-order valence-corrected chi connectivity index (χ4v) is 3.93. The molecule has 1 amide bonds. The Morgan fingerprint density at radius 2 is 1.97 bits per heavy atom. The average Bonchev–Trinajstić information content (AvgIpc) is 2.77. The van der Waals surface area contributed by atoms with Crippen molar-refractivity contribution in [1.82, 2.24) is 5.32 Å². The van der Waals surface area contributed by atoms with Crippen LogP contribution in [0.25, 0.3) is 0 Å². The molecule has 2 rings (SSSR count). The van der Waals surface area contributed by atoms with Crippen molar-refractivity contribution in [3.05, 3.63) is 29.3 Å². The molecule has 1 aromatic rings. The van der Waals surface area contributed by atoms with Crippen LogP contribution in [0.2, 0.25) is 0 Å². The molecule has 168 valence electrons. The van der Waals surface area contributed by atoms with E-state index >= 15 is 0 Å². The Hall–Kier alpha value is -3.01. The molecule has 3 unspecified atom stereocenters. The molecular weight excluding hydrogens is 398 g/mol. The number of alkyl carbamates (subject to hydrolysis) is 1. The quantitative estimate of drug-likeness (QED) is 0.527. The number of esters is 1. The van der Waals surface area contributed by atoms with Gasteiger partial charge in [-0.15, -0.1) is 5.92 Å². The first-order chi connectivity index (χ1) is 14.8. The molecule has 0 saturated carbocycles. The maximum absolute atomic E-state index is 12.8. The summed E-state index contributed by atoms with van der Waals surface area (Å²) in [5.74, 6) is 5.82. The van der Waals surface area contributed by atoms with Gasteiger partial charge in [0, 0.05) is 18.4 Å². The summed E-state index contributed by atoms with van der Waals surface area (Å²) < 4.78 is 14.9. The molecule has 0 heterocycles. The molecule has 1 N–H and O–H groups in total. The lowest BCUT2D eigenvalue weighted by molar-refractivity contribution is -0.146. The number of ketones is 1. The SMILES string of the molecule is CCCC#CC(CC(C)C1CC(=O)c2cc(OC)ccc2C1)(NC(=O)OC)C(=O)OC. The van der Waals surface area contributed by atoms with Gasteiger partial charge >= 0.3 is 12.1 Å². The van der Waals surface area contributed by atoms with Gasteiger partial charge in [-0.1, -0.05) is 25.8 Å². The first kappa shape index (κ1) is 24.3. The summed E-state index contributed by atoms with van der Waals surface area (Å²) in [7, 11) is 4.06. The smallest absolute Gasteiger partial charge is 0.408 e. The molecule has 0 saturated heterocycles. The van der Waals surface area contributed by atoms with Crippen molar-refractivity contribution in [2.24, 2.45) is 11.8 Å². The van der Waals surface area contributed by atoms with Gasteiger partial charge in [-0.2, -0.15) is 0 Å². The molecule has 1 aliphatic rings. The number of methoxy groups -OCH3 is 3. The summed E-state index contributed by atoms with van der Waals surface area (Å²) >= 11 is 0. The zero-order valence-electron chi connectivity index (χ0n) is 18.9. The Morgan fingerprint density at radius 1 is 1.23 bits per heavy atom. The zero-order chi connectivity index (χ0) is 23.0. The zero-order valence-corrected chi connectivity index (χ0v) is 18.9. The van der Waals surface area contributed by atoms with Crippen molar-refractivity contribution in [3.8, 4) is 17.6 Å². The van der Waals surface area contributed by atoms with E-state index in [2.05, 4.69) is 17.2 Å². The molecule has 7 nitrogen and oxygen atoms in total. The summed E-state index contributed by atoms with van der Waals surface area (Å²) in [6, 6.07) is 5.52. The monoisotopic (exact) mass is 429 g/mol. The lowest BCUT2D eigenvalue weighted by atomic mass is 9.73. The van der Waals surface area contributed by atoms with Crippen molar-refractivity contribution in [2.45, 2.75) is 51.5 Å². The molecule has 7 heteroatoms. The van der Waals surface area contributed by atoms with Crippen LogP contribution in [-0.4, -0.2) is 44.7 Å². The lowest BCUT2D eigenvalue weighted by Gasteiger charge is -2.34. The number of unbranched alkanes of at least 4 members (excludes halogenated alkanes) is 1. The molecule has 0 spiro atoms. The van der Waals surface area contributed by atoms with E-state index in [-0.39, 0.29) is 24.0 Å². The predicted molar refractivity (Wildman–Crippen MR) is 116 cm³/mol. The summed E-state index contributed by atoms with van der Waals surface area (Å²) in [4.78, 5) is 37.6. The third-order valence-corrected chi connectivity index (χ3v) is 5.69. The van der Waals surface area contributed by atoms with Crippen molar-refractivity contribution in [2.75, 3.05) is 21.3 Å². The summed E-state index contributed by atoms with van der Waals surface area (Å²) in [5.41, 5.74) is 0.0904. The van der Waals surface area contributed by atoms with Gasteiger partial charge in [-0.25, -0.2) is 9.59 Å². The van der Waals surface area contributed by atoms with Crippen LogP contribution in [0.1, 0.15) is 55.5 Å². The second kappa shape index (κ2) is 10.9. The highest BCUT2D eigenvalue weighted by molar-refractivity contribution is 5.99. The summed E-state index contributed by atoms with van der Waals surface area (Å²) in [5, 5.41) is 2.59. The number of benzene rings is 1. The number of carbonyl (C=O) groups excluding carboxylic acids is 3. The molecule has 0 fully saturated rings. The molecule has 1 aliphatic carbocycles. The number of ether oxygens (including phenoxy) is 3. The van der Waals surface area contributed by atoms with E-state index in [4.69, 9.17) is 14.2 Å². The van der Waals surface area contributed by atoms with Gasteiger partial charge < -0.3 is 14.2 Å². The third-order valence-electron chi connectivity index (χ3n) is 5.69. The minimum atomic E-state index is -1.54. The average molecular weight is 430 g/mol. The highest BCUT2D eigenvalue weighted by Crippen LogP contribution is 2.35. The minimum absolute atomic E-state index is 0.00940. The van der Waals surface area contributed by atoms with Crippen molar-refractivity contribution < 1.29 is 28.6 Å². The molecule has 3 atom stereocenters. The van der Waals surface area contributed by atoms with E-state index in [1.165, 1.54) is 14.2 Å². The molecule has 1 aromatic carbocycles. The van der Waals surface area contributed by atoms with Gasteiger partial charge in [0.25, 0.3) is 0 Å². The van der Waals surface area contributed by atoms with Crippen LogP contribution in [0, 0.1) is 23.7 Å². The number of rotatable bonds is 7. The number of nitrogens with one attached hydrogen (secondary N) is 1. The van der Waals surface area contributed by atoms with Crippen LogP contribution in [0.4, 0.5) is 4.79 Å². The largest absolute Gasteiger partial charge is 0.497 e. The van der Waals surface area contributed by atoms with Crippen LogP contribution in [0.5, 0.6) is 5.75 Å². The maximum atomic E-state index is 12.8. The maximum Gasteiger partial charge on any atom is 0.408 e. The highest BCUT2D eigenvalue weighted by atomic mass is 16.5. The summed E-state index contributed by atoms with van der Waals surface area (Å²) in [6.07, 6.45) is 1.86. The van der Waals surface area contributed by atoms with Gasteiger partial charge in [0.1, 0.15) is 5.75 Å². The van der Waals surface area contributed by atoms with E-state index in [0.717, 1.165) is 12.0 Å². The molecule has 0 radical (unpaired) electrons. The second-order valence-corrected chi connectivity index (χ2v) is 7.86. The van der Waals surface area contributed by atoms with Gasteiger partial charge in [-0.3, -0.25) is 10.1 Å². The Kier molecular flexibility index (Phi) is 8.49. The summed E-state index contributed by atoms with van der Waals surface area (Å²) in [6.45, 7) is 3.94. The molecule has 0 aromatic heterocycles.